The van der Waals surface area contributed by atoms with E-state index in [0.29, 0.717) is 38.6 Å². The smallest absolute Gasteiger partial charge is 0.296 e. The largest absolute Gasteiger partial charge is 0.503 e. The van der Waals surface area contributed by atoms with Crippen molar-refractivity contribution in [2.75, 3.05) is 11.5 Å². The zero-order chi connectivity index (χ0) is 26.8. The number of hydrogen-bond acceptors (Lipinski definition) is 10. The number of thiazole rings is 1. The number of hydrogen-bond donors (Lipinski definition) is 1. The maximum Gasteiger partial charge on any atom is 0.296 e. The fourth-order valence-electron chi connectivity index (χ4n) is 4.26. The summed E-state index contributed by atoms with van der Waals surface area (Å²) in [7, 11) is 0. The van der Waals surface area contributed by atoms with Crippen LogP contribution in [0.2, 0.25) is 0 Å². The average Bonchev–Trinajstić information content (AvgIpc) is 3.59. The Kier molecular flexibility index (Phi) is 7.59. The van der Waals surface area contributed by atoms with E-state index in [4.69, 9.17) is 4.74 Å². The van der Waals surface area contributed by atoms with Crippen molar-refractivity contribution in [2.45, 2.75) is 36.9 Å². The average molecular weight is 565 g/mol. The Hall–Kier alpha value is -3.54. The van der Waals surface area contributed by atoms with Gasteiger partial charge in [0.1, 0.15) is 11.8 Å². The first-order valence-electron chi connectivity index (χ1n) is 11.9. The standard InChI is InChI=1S/C27H24N4O4S3/c1-4-35-19-13-9-8-12-18(19)21-20(22(32)24-15(2)28-16(3)37-24)23(33)25(34)31(21)26-29-30-27(38-26)36-14-17-10-6-5-7-11-17/h5-13,21,33H,4,14H2,1-3H3. The molecule has 0 bridgehead atoms. The summed E-state index contributed by atoms with van der Waals surface area (Å²) >= 11 is 3.97. The molecule has 4 aromatic rings. The maximum atomic E-state index is 13.8. The molecule has 0 radical (unpaired) electrons. The number of benzene rings is 2. The number of ether oxygens (including phenoxy) is 1. The van der Waals surface area contributed by atoms with Crippen molar-refractivity contribution in [3.05, 3.63) is 92.6 Å². The molecule has 1 unspecified atom stereocenters. The molecule has 1 atom stereocenters. The van der Waals surface area contributed by atoms with Crippen LogP contribution in [0, 0.1) is 13.8 Å². The predicted molar refractivity (Wildman–Crippen MR) is 149 cm³/mol. The molecule has 0 aliphatic carbocycles. The highest BCUT2D eigenvalue weighted by Gasteiger charge is 2.47. The van der Waals surface area contributed by atoms with Crippen LogP contribution < -0.4 is 9.64 Å². The Bertz CT molecular complexity index is 1530. The quantitative estimate of drug-likeness (QED) is 0.148. The number of aromatic nitrogens is 3. The summed E-state index contributed by atoms with van der Waals surface area (Å²) in [4.78, 5) is 33.4. The van der Waals surface area contributed by atoms with Crippen molar-refractivity contribution in [1.82, 2.24) is 15.2 Å². The van der Waals surface area contributed by atoms with Gasteiger partial charge in [-0.05, 0) is 32.4 Å². The molecule has 0 saturated carbocycles. The lowest BCUT2D eigenvalue weighted by Crippen LogP contribution is -2.31. The Morgan fingerprint density at radius 2 is 1.82 bits per heavy atom. The lowest BCUT2D eigenvalue weighted by atomic mass is 9.94. The lowest BCUT2D eigenvalue weighted by molar-refractivity contribution is -0.117. The molecule has 2 aromatic heterocycles. The molecule has 11 heteroatoms. The number of rotatable bonds is 9. The molecule has 0 fully saturated rings. The van der Waals surface area contributed by atoms with Gasteiger partial charge in [0.05, 0.1) is 27.8 Å². The van der Waals surface area contributed by atoms with E-state index in [1.165, 1.54) is 39.3 Å². The Balaban J connectivity index is 1.56. The highest BCUT2D eigenvalue weighted by Crippen LogP contribution is 2.46. The molecule has 8 nitrogen and oxygen atoms in total. The summed E-state index contributed by atoms with van der Waals surface area (Å²) in [6.45, 7) is 5.81. The second-order valence-electron chi connectivity index (χ2n) is 8.41. The molecule has 1 aliphatic rings. The Morgan fingerprint density at radius 3 is 2.53 bits per heavy atom. The van der Waals surface area contributed by atoms with Gasteiger partial charge in [-0.25, -0.2) is 4.98 Å². The molecule has 1 amide bonds. The monoisotopic (exact) mass is 564 g/mol. The van der Waals surface area contributed by atoms with Crippen molar-refractivity contribution in [2.24, 2.45) is 0 Å². The topological polar surface area (TPSA) is 106 Å². The zero-order valence-electron chi connectivity index (χ0n) is 20.9. The Morgan fingerprint density at radius 1 is 1.08 bits per heavy atom. The summed E-state index contributed by atoms with van der Waals surface area (Å²) in [5.74, 6) is -0.555. The molecule has 5 rings (SSSR count). The number of carbonyl (C=O) groups excluding carboxylic acids is 2. The fraction of sp³-hybridized carbons (Fsp3) is 0.222. The number of anilines is 1. The van der Waals surface area contributed by atoms with Crippen LogP contribution in [0.1, 0.15) is 44.5 Å². The number of para-hydroxylation sites is 1. The van der Waals surface area contributed by atoms with E-state index in [9.17, 15) is 14.7 Å². The lowest BCUT2D eigenvalue weighted by Gasteiger charge is -2.25. The summed E-state index contributed by atoms with van der Waals surface area (Å²) in [5.41, 5.74) is 2.23. The second-order valence-corrected chi connectivity index (χ2v) is 11.8. The summed E-state index contributed by atoms with van der Waals surface area (Å²) in [6, 6.07) is 16.2. The van der Waals surface area contributed by atoms with Crippen molar-refractivity contribution in [3.63, 3.8) is 0 Å². The van der Waals surface area contributed by atoms with E-state index < -0.39 is 23.5 Å². The van der Waals surface area contributed by atoms with Gasteiger partial charge in [-0.15, -0.1) is 21.5 Å². The van der Waals surface area contributed by atoms with Crippen LogP contribution >= 0.6 is 34.4 Å². The van der Waals surface area contributed by atoms with Crippen LogP contribution in [-0.2, 0) is 10.5 Å². The zero-order valence-corrected chi connectivity index (χ0v) is 23.3. The molecule has 194 valence electrons. The van der Waals surface area contributed by atoms with Gasteiger partial charge < -0.3 is 9.84 Å². The minimum absolute atomic E-state index is 0.0254. The second kappa shape index (κ2) is 11.1. The molecular weight excluding hydrogens is 541 g/mol. The first kappa shape index (κ1) is 26.1. The van der Waals surface area contributed by atoms with Gasteiger partial charge in [-0.3, -0.25) is 14.5 Å². The fourth-order valence-corrected chi connectivity index (χ4v) is 6.96. The SMILES string of the molecule is CCOc1ccccc1C1C(C(=O)c2sc(C)nc2C)=C(O)C(=O)N1c1nnc(SCc2ccccc2)s1. The first-order valence-corrected chi connectivity index (χ1v) is 14.5. The number of aliphatic hydroxyl groups excluding tert-OH is 1. The summed E-state index contributed by atoms with van der Waals surface area (Å²) in [6.07, 6.45) is 0. The van der Waals surface area contributed by atoms with Crippen molar-refractivity contribution >= 4 is 51.3 Å². The van der Waals surface area contributed by atoms with Gasteiger partial charge in [0, 0.05) is 11.3 Å². The van der Waals surface area contributed by atoms with E-state index in [1.807, 2.05) is 50.2 Å². The number of nitrogens with zero attached hydrogens (tertiary/aromatic N) is 4. The maximum absolute atomic E-state index is 13.8. The van der Waals surface area contributed by atoms with Crippen LogP contribution in [0.15, 0.2) is 70.3 Å². The number of amides is 1. The minimum Gasteiger partial charge on any atom is -0.503 e. The van der Waals surface area contributed by atoms with E-state index in [1.54, 1.807) is 25.1 Å². The third-order valence-electron chi connectivity index (χ3n) is 5.88. The molecular formula is C27H24N4O4S3. The van der Waals surface area contributed by atoms with Crippen LogP contribution in [0.5, 0.6) is 5.75 Å². The number of Topliss-reactive ketones (excluding diaryl/α,β-unsaturated/α-hetero) is 1. The number of aliphatic hydroxyl groups is 1. The van der Waals surface area contributed by atoms with Crippen LogP contribution in [0.4, 0.5) is 5.13 Å². The van der Waals surface area contributed by atoms with Crippen molar-refractivity contribution in [3.8, 4) is 5.75 Å². The third-order valence-corrected chi connectivity index (χ3v) is 9.08. The van der Waals surface area contributed by atoms with Gasteiger partial charge in [-0.2, -0.15) is 0 Å². The van der Waals surface area contributed by atoms with Gasteiger partial charge in [-0.1, -0.05) is 71.6 Å². The summed E-state index contributed by atoms with van der Waals surface area (Å²) < 4.78 is 6.53. The van der Waals surface area contributed by atoms with Crippen molar-refractivity contribution in [1.29, 1.82) is 0 Å². The molecule has 0 saturated heterocycles. The van der Waals surface area contributed by atoms with Crippen LogP contribution in [-0.4, -0.2) is 38.6 Å². The molecule has 1 aliphatic heterocycles. The number of ketones is 1. The molecule has 0 spiro atoms. The third kappa shape index (κ3) is 4.96. The molecule has 1 N–H and O–H groups in total. The van der Waals surface area contributed by atoms with E-state index in [2.05, 4.69) is 15.2 Å². The van der Waals surface area contributed by atoms with Crippen LogP contribution in [0.25, 0.3) is 0 Å². The predicted octanol–water partition coefficient (Wildman–Crippen LogP) is 6.09. The van der Waals surface area contributed by atoms with E-state index in [0.717, 1.165) is 10.6 Å². The van der Waals surface area contributed by atoms with Gasteiger partial charge in [0.2, 0.25) is 10.9 Å². The first-order chi connectivity index (χ1) is 18.4. The number of carbonyl (C=O) groups is 2. The number of thioether (sulfide) groups is 1. The van der Waals surface area contributed by atoms with Crippen LogP contribution in [0.3, 0.4) is 0 Å². The highest BCUT2D eigenvalue weighted by molar-refractivity contribution is 8.00. The van der Waals surface area contributed by atoms with Gasteiger partial charge in [0.25, 0.3) is 5.91 Å². The van der Waals surface area contributed by atoms with E-state index >= 15 is 0 Å². The molecule has 2 aromatic carbocycles. The van der Waals surface area contributed by atoms with Gasteiger partial charge >= 0.3 is 0 Å². The number of aryl methyl sites for hydroxylation is 2. The molecule has 38 heavy (non-hydrogen) atoms. The minimum atomic E-state index is -0.945. The van der Waals surface area contributed by atoms with E-state index in [-0.39, 0.29) is 10.7 Å². The normalized spacial score (nSPS) is 15.4. The van der Waals surface area contributed by atoms with Gasteiger partial charge in [0.15, 0.2) is 10.1 Å². The highest BCUT2D eigenvalue weighted by atomic mass is 32.2. The Labute approximate surface area is 232 Å². The molecule has 3 heterocycles. The summed E-state index contributed by atoms with van der Waals surface area (Å²) in [5, 5.41) is 20.7. The van der Waals surface area contributed by atoms with Crippen molar-refractivity contribution < 1.29 is 19.4 Å².